The van der Waals surface area contributed by atoms with Crippen LogP contribution >= 0.6 is 0 Å². The van der Waals surface area contributed by atoms with Gasteiger partial charge in [-0.2, -0.15) is 4.98 Å². The van der Waals surface area contributed by atoms with Crippen LogP contribution in [-0.4, -0.2) is 62.3 Å². The maximum absolute atomic E-state index is 11.9. The minimum Gasteiger partial charge on any atom is -0.490 e. The van der Waals surface area contributed by atoms with Gasteiger partial charge in [0.1, 0.15) is 17.8 Å². The second-order valence-electron chi connectivity index (χ2n) is 7.01. The molecule has 0 unspecified atom stereocenters. The van der Waals surface area contributed by atoms with Crippen LogP contribution in [0.4, 0.5) is 11.8 Å². The van der Waals surface area contributed by atoms with Crippen LogP contribution in [0.2, 0.25) is 0 Å². The van der Waals surface area contributed by atoms with Crippen LogP contribution in [0.5, 0.6) is 5.75 Å². The van der Waals surface area contributed by atoms with Crippen molar-refractivity contribution >= 4 is 11.8 Å². The third-order valence-corrected chi connectivity index (χ3v) is 4.95. The smallest absolute Gasteiger partial charge is 0.227 e. The highest BCUT2D eigenvalue weighted by molar-refractivity contribution is 5.43. The van der Waals surface area contributed by atoms with Crippen LogP contribution in [0.25, 0.3) is 0 Å². The molecule has 0 atom stereocenters. The summed E-state index contributed by atoms with van der Waals surface area (Å²) in [6.45, 7) is 2.51. The van der Waals surface area contributed by atoms with Crippen LogP contribution in [0, 0.1) is 0 Å². The summed E-state index contributed by atoms with van der Waals surface area (Å²) in [6, 6.07) is 3.89. The Kier molecular flexibility index (Phi) is 5.95. The normalized spacial score (nSPS) is 15.6. The molecule has 1 saturated heterocycles. The molecule has 3 heterocycles. The third kappa shape index (κ3) is 4.57. The molecule has 2 aromatic rings. The monoisotopic (exact) mass is 373 g/mol. The Morgan fingerprint density at radius 3 is 2.67 bits per heavy atom. The molecule has 0 radical (unpaired) electrons. The summed E-state index contributed by atoms with van der Waals surface area (Å²) < 4.78 is 10.5. The topological polar surface area (TPSA) is 74.9 Å². The number of piperidine rings is 1. The lowest BCUT2D eigenvalue weighted by atomic mass is 10.0. The van der Waals surface area contributed by atoms with Gasteiger partial charge in [0.25, 0.3) is 0 Å². The highest BCUT2D eigenvalue weighted by Gasteiger charge is 2.24. The predicted octanol–water partition coefficient (Wildman–Crippen LogP) is 1.61. The number of aromatic nitrogens is 2. The van der Waals surface area contributed by atoms with Crippen molar-refractivity contribution in [2.45, 2.75) is 25.4 Å². The zero-order valence-corrected chi connectivity index (χ0v) is 16.4. The van der Waals surface area contributed by atoms with E-state index in [4.69, 9.17) is 9.15 Å². The van der Waals surface area contributed by atoms with Gasteiger partial charge < -0.3 is 19.0 Å². The Balaban J connectivity index is 1.57. The van der Waals surface area contributed by atoms with E-state index in [0.717, 1.165) is 31.7 Å². The number of likely N-dealkylation sites (tertiary alicyclic amines) is 1. The van der Waals surface area contributed by atoms with Crippen LogP contribution in [0.15, 0.2) is 33.8 Å². The van der Waals surface area contributed by atoms with Crippen molar-refractivity contribution in [2.24, 2.45) is 0 Å². The van der Waals surface area contributed by atoms with Gasteiger partial charge >= 0.3 is 0 Å². The maximum atomic E-state index is 11.9. The molecule has 3 rings (SSSR count). The fourth-order valence-corrected chi connectivity index (χ4v) is 3.29. The fraction of sp³-hybridized carbons (Fsp3) is 0.526. The quantitative estimate of drug-likeness (QED) is 0.756. The molecule has 146 valence electrons. The SMILES string of the molecule is COc1coc(CN2CCC(N(C)c3ccnc(N(C)C)n3)CC2)cc1=O. The number of ether oxygens (including phenoxy) is 1. The first-order chi connectivity index (χ1) is 13.0. The van der Waals surface area contributed by atoms with Crippen molar-refractivity contribution in [3.63, 3.8) is 0 Å². The average molecular weight is 373 g/mol. The van der Waals surface area contributed by atoms with E-state index in [2.05, 4.69) is 26.8 Å². The van der Waals surface area contributed by atoms with Crippen LogP contribution in [0.1, 0.15) is 18.6 Å². The highest BCUT2D eigenvalue weighted by Crippen LogP contribution is 2.22. The number of methoxy groups -OCH3 is 1. The van der Waals surface area contributed by atoms with Crippen molar-refractivity contribution in [2.75, 3.05) is 51.1 Å². The lowest BCUT2D eigenvalue weighted by Gasteiger charge is -2.37. The number of hydrogen-bond donors (Lipinski definition) is 0. The minimum absolute atomic E-state index is 0.145. The summed E-state index contributed by atoms with van der Waals surface area (Å²) in [7, 11) is 7.43. The molecule has 27 heavy (non-hydrogen) atoms. The number of anilines is 2. The first-order valence-electron chi connectivity index (χ1n) is 9.09. The van der Waals surface area contributed by atoms with Crippen molar-refractivity contribution in [3.8, 4) is 5.75 Å². The van der Waals surface area contributed by atoms with Gasteiger partial charge in [0, 0.05) is 52.5 Å². The Labute approximate surface area is 159 Å². The molecule has 0 amide bonds. The molecule has 1 fully saturated rings. The summed E-state index contributed by atoms with van der Waals surface area (Å²) in [5.74, 6) is 2.56. The molecule has 0 aliphatic carbocycles. The van der Waals surface area contributed by atoms with Crippen molar-refractivity contribution in [3.05, 3.63) is 40.6 Å². The predicted molar refractivity (Wildman–Crippen MR) is 105 cm³/mol. The third-order valence-electron chi connectivity index (χ3n) is 4.95. The van der Waals surface area contributed by atoms with Crippen molar-refractivity contribution in [1.82, 2.24) is 14.9 Å². The summed E-state index contributed by atoms with van der Waals surface area (Å²) in [5, 5.41) is 0. The van der Waals surface area contributed by atoms with E-state index < -0.39 is 0 Å². The number of nitrogens with zero attached hydrogens (tertiary/aromatic N) is 5. The molecule has 0 N–H and O–H groups in total. The fourth-order valence-electron chi connectivity index (χ4n) is 3.29. The Morgan fingerprint density at radius 2 is 2.04 bits per heavy atom. The molecule has 8 nitrogen and oxygen atoms in total. The van der Waals surface area contributed by atoms with Crippen LogP contribution < -0.4 is 20.0 Å². The second-order valence-corrected chi connectivity index (χ2v) is 7.01. The van der Waals surface area contributed by atoms with E-state index in [1.54, 1.807) is 6.20 Å². The van der Waals surface area contributed by atoms with Crippen LogP contribution in [-0.2, 0) is 6.54 Å². The molecule has 0 spiro atoms. The number of rotatable bonds is 6. The van der Waals surface area contributed by atoms with E-state index in [1.807, 2.05) is 25.1 Å². The molecular weight excluding hydrogens is 346 g/mol. The molecule has 8 heteroatoms. The van der Waals surface area contributed by atoms with Gasteiger partial charge in [-0.05, 0) is 18.9 Å². The van der Waals surface area contributed by atoms with Gasteiger partial charge in [0.2, 0.25) is 17.1 Å². The molecule has 0 saturated carbocycles. The van der Waals surface area contributed by atoms with E-state index in [1.165, 1.54) is 19.4 Å². The summed E-state index contributed by atoms with van der Waals surface area (Å²) in [5.41, 5.74) is -0.145. The van der Waals surface area contributed by atoms with Crippen LogP contribution in [0.3, 0.4) is 0 Å². The van der Waals surface area contributed by atoms with Crippen molar-refractivity contribution in [1.29, 1.82) is 0 Å². The Hall–Kier alpha value is -2.61. The van der Waals surface area contributed by atoms with Gasteiger partial charge in [-0.1, -0.05) is 0 Å². The molecule has 2 aromatic heterocycles. The minimum atomic E-state index is -0.145. The molecule has 1 aliphatic heterocycles. The average Bonchev–Trinajstić information content (AvgIpc) is 2.68. The summed E-state index contributed by atoms with van der Waals surface area (Å²) in [4.78, 5) is 27.2. The Morgan fingerprint density at radius 1 is 1.30 bits per heavy atom. The maximum Gasteiger partial charge on any atom is 0.227 e. The van der Waals surface area contributed by atoms with Gasteiger partial charge in [0.05, 0.1) is 13.7 Å². The molecule has 1 aliphatic rings. The van der Waals surface area contributed by atoms with Gasteiger partial charge in [-0.3, -0.25) is 9.69 Å². The van der Waals surface area contributed by atoms with Gasteiger partial charge in [-0.25, -0.2) is 4.98 Å². The highest BCUT2D eigenvalue weighted by atomic mass is 16.5. The zero-order valence-electron chi connectivity index (χ0n) is 16.4. The van der Waals surface area contributed by atoms with Gasteiger partial charge in [0.15, 0.2) is 0 Å². The van der Waals surface area contributed by atoms with Crippen molar-refractivity contribution < 1.29 is 9.15 Å². The zero-order chi connectivity index (χ0) is 19.4. The van der Waals surface area contributed by atoms with E-state index in [-0.39, 0.29) is 11.2 Å². The largest absolute Gasteiger partial charge is 0.490 e. The Bertz CT molecular complexity index is 815. The standard InChI is InChI=1S/C19H27N5O3/c1-22(2)19-20-8-5-18(21-19)23(3)14-6-9-24(10-7-14)12-15-11-16(25)17(26-4)13-27-15/h5,8,11,13-14H,6-7,9-10,12H2,1-4H3. The van der Waals surface area contributed by atoms with E-state index in [9.17, 15) is 4.79 Å². The van der Waals surface area contributed by atoms with E-state index in [0.29, 0.717) is 24.3 Å². The van der Waals surface area contributed by atoms with E-state index >= 15 is 0 Å². The first kappa shape index (κ1) is 19.2. The number of hydrogen-bond acceptors (Lipinski definition) is 8. The summed E-state index contributed by atoms with van der Waals surface area (Å²) >= 11 is 0. The molecular formula is C19H27N5O3. The molecule has 0 aromatic carbocycles. The first-order valence-corrected chi connectivity index (χ1v) is 9.09. The lowest BCUT2D eigenvalue weighted by Crippen LogP contribution is -2.43. The summed E-state index contributed by atoms with van der Waals surface area (Å²) in [6.07, 6.45) is 5.24. The van der Waals surface area contributed by atoms with Gasteiger partial charge in [-0.15, -0.1) is 0 Å². The second kappa shape index (κ2) is 8.39. The molecule has 0 bridgehead atoms. The lowest BCUT2D eigenvalue weighted by molar-refractivity contribution is 0.187.